The summed E-state index contributed by atoms with van der Waals surface area (Å²) in [6.07, 6.45) is 3.05. The number of aryl methyl sites for hydroxylation is 1. The summed E-state index contributed by atoms with van der Waals surface area (Å²) in [7, 11) is 1.46. The van der Waals surface area contributed by atoms with E-state index in [4.69, 9.17) is 5.41 Å². The molecule has 0 aliphatic rings. The zero-order valence-corrected chi connectivity index (χ0v) is 12.6. The Labute approximate surface area is 117 Å². The molecule has 19 heavy (non-hydrogen) atoms. The number of hydrogen-bond acceptors (Lipinski definition) is 5. The number of thiazole rings is 1. The molecule has 6 heteroatoms. The Hall–Kier alpha value is -1.69. The fourth-order valence-corrected chi connectivity index (χ4v) is 2.24. The number of aliphatic hydroxyl groups is 1. The number of aliphatic hydroxyl groups excluding tert-OH is 1. The maximum Gasteiger partial charge on any atom is 0.225 e. The number of rotatable bonds is 4. The van der Waals surface area contributed by atoms with E-state index in [1.54, 1.807) is 6.20 Å². The highest BCUT2D eigenvalue weighted by atomic mass is 32.1. The van der Waals surface area contributed by atoms with Crippen LogP contribution in [0.4, 0.5) is 0 Å². The van der Waals surface area contributed by atoms with Crippen LogP contribution in [0.5, 0.6) is 0 Å². The van der Waals surface area contributed by atoms with Crippen molar-refractivity contribution in [3.05, 3.63) is 28.0 Å². The molecule has 0 aromatic carbocycles. The molecule has 0 unspecified atom stereocenters. The molecule has 1 amide bonds. The summed E-state index contributed by atoms with van der Waals surface area (Å²) in [6, 6.07) is 0. The van der Waals surface area contributed by atoms with Crippen molar-refractivity contribution in [3.63, 3.8) is 0 Å². The van der Waals surface area contributed by atoms with Gasteiger partial charge in [0.25, 0.3) is 0 Å². The molecule has 1 aromatic rings. The predicted octanol–water partition coefficient (Wildman–Crippen LogP) is 2.63. The Morgan fingerprint density at radius 3 is 2.58 bits per heavy atom. The van der Waals surface area contributed by atoms with Crippen molar-refractivity contribution >= 4 is 23.0 Å². The Morgan fingerprint density at radius 1 is 1.58 bits per heavy atom. The Kier molecular flexibility index (Phi) is 4.47. The van der Waals surface area contributed by atoms with Gasteiger partial charge in [0.2, 0.25) is 5.91 Å². The molecule has 1 rings (SSSR count). The third kappa shape index (κ3) is 3.41. The quantitative estimate of drug-likeness (QED) is 0.658. The van der Waals surface area contributed by atoms with Gasteiger partial charge in [-0.25, -0.2) is 4.98 Å². The van der Waals surface area contributed by atoms with Gasteiger partial charge < -0.3 is 10.5 Å². The first-order valence-electron chi connectivity index (χ1n) is 5.83. The fourth-order valence-electron chi connectivity index (χ4n) is 1.35. The number of carbonyl (C=O) groups is 1. The number of nitrogens with zero attached hydrogens (tertiary/aromatic N) is 2. The second-order valence-electron chi connectivity index (χ2n) is 4.86. The molecule has 1 aromatic heterocycles. The number of allylic oxidation sites excluding steroid dienone is 1. The lowest BCUT2D eigenvalue weighted by Crippen LogP contribution is -2.29. The van der Waals surface area contributed by atoms with E-state index in [1.165, 1.54) is 31.4 Å². The monoisotopic (exact) mass is 281 g/mol. The van der Waals surface area contributed by atoms with Gasteiger partial charge in [0.15, 0.2) is 5.88 Å². The molecule has 104 valence electrons. The molecular weight excluding hydrogens is 262 g/mol. The van der Waals surface area contributed by atoms with Gasteiger partial charge in [-0.2, -0.15) is 0 Å². The summed E-state index contributed by atoms with van der Waals surface area (Å²) < 4.78 is 0. The Bertz CT molecular complexity index is 532. The first kappa shape index (κ1) is 15.4. The number of hydrogen-bond donors (Lipinski definition) is 2. The molecule has 0 aliphatic carbocycles. The topological polar surface area (TPSA) is 77.3 Å². The van der Waals surface area contributed by atoms with E-state index in [9.17, 15) is 9.90 Å². The highest BCUT2D eigenvalue weighted by Gasteiger charge is 2.28. The lowest BCUT2D eigenvalue weighted by Gasteiger charge is -2.23. The lowest BCUT2D eigenvalue weighted by molar-refractivity contribution is -0.127. The number of carbonyl (C=O) groups excluding carboxylic acids is 1. The standard InChI is InChI=1S/C13H19N3O2S/c1-8-15-7-11(19-8)13(3,4)10(14)6-12(18)16(5)9(2)17/h6-7,14,18H,1-5H3/b12-6-,14-10?. The van der Waals surface area contributed by atoms with Crippen LogP contribution in [0.1, 0.15) is 30.7 Å². The fraction of sp³-hybridized carbons (Fsp3) is 0.462. The van der Waals surface area contributed by atoms with E-state index in [0.717, 1.165) is 14.8 Å². The van der Waals surface area contributed by atoms with Gasteiger partial charge in [-0.15, -0.1) is 11.3 Å². The van der Waals surface area contributed by atoms with Crippen LogP contribution in [0.2, 0.25) is 0 Å². The van der Waals surface area contributed by atoms with Crippen LogP contribution in [-0.2, 0) is 10.2 Å². The molecule has 5 nitrogen and oxygen atoms in total. The zero-order chi connectivity index (χ0) is 14.8. The summed E-state index contributed by atoms with van der Waals surface area (Å²) >= 11 is 1.52. The summed E-state index contributed by atoms with van der Waals surface area (Å²) in [5.74, 6) is -0.514. The zero-order valence-electron chi connectivity index (χ0n) is 11.8. The van der Waals surface area contributed by atoms with E-state index >= 15 is 0 Å². The number of amides is 1. The highest BCUT2D eigenvalue weighted by molar-refractivity contribution is 7.11. The van der Waals surface area contributed by atoms with Crippen LogP contribution in [0.15, 0.2) is 18.2 Å². The van der Waals surface area contributed by atoms with Crippen LogP contribution in [0.3, 0.4) is 0 Å². The minimum Gasteiger partial charge on any atom is -0.494 e. The lowest BCUT2D eigenvalue weighted by atomic mass is 9.86. The average molecular weight is 281 g/mol. The third-order valence-corrected chi connectivity index (χ3v) is 4.24. The average Bonchev–Trinajstić information content (AvgIpc) is 2.75. The van der Waals surface area contributed by atoms with E-state index < -0.39 is 5.41 Å². The largest absolute Gasteiger partial charge is 0.494 e. The Morgan fingerprint density at radius 2 is 2.16 bits per heavy atom. The van der Waals surface area contributed by atoms with Crippen molar-refractivity contribution in [3.8, 4) is 0 Å². The van der Waals surface area contributed by atoms with Crippen LogP contribution in [0.25, 0.3) is 0 Å². The van der Waals surface area contributed by atoms with Crippen molar-refractivity contribution in [2.24, 2.45) is 0 Å². The molecule has 0 saturated heterocycles. The summed E-state index contributed by atoms with van der Waals surface area (Å²) in [5.41, 5.74) is -0.334. The molecule has 0 saturated carbocycles. The van der Waals surface area contributed by atoms with Gasteiger partial charge >= 0.3 is 0 Å². The molecule has 0 aliphatic heterocycles. The van der Waals surface area contributed by atoms with Crippen molar-refractivity contribution in [2.75, 3.05) is 7.05 Å². The third-order valence-electron chi connectivity index (χ3n) is 3.00. The maximum atomic E-state index is 11.1. The van der Waals surface area contributed by atoms with Gasteiger partial charge in [-0.3, -0.25) is 9.69 Å². The molecule has 0 fully saturated rings. The molecular formula is C13H19N3O2S. The van der Waals surface area contributed by atoms with Crippen molar-refractivity contribution in [1.29, 1.82) is 5.41 Å². The second kappa shape index (κ2) is 5.52. The van der Waals surface area contributed by atoms with Crippen molar-refractivity contribution in [2.45, 2.75) is 33.1 Å². The first-order valence-corrected chi connectivity index (χ1v) is 6.64. The maximum absolute atomic E-state index is 11.1. The van der Waals surface area contributed by atoms with Crippen LogP contribution in [-0.4, -0.2) is 33.7 Å². The van der Waals surface area contributed by atoms with Gasteiger partial charge in [0, 0.05) is 42.2 Å². The smallest absolute Gasteiger partial charge is 0.225 e. The van der Waals surface area contributed by atoms with Gasteiger partial charge in [-0.1, -0.05) is 0 Å². The molecule has 0 bridgehead atoms. The minimum absolute atomic E-state index is 0.224. The molecule has 0 spiro atoms. The SMILES string of the molecule is CC(=O)N(C)/C(O)=C/C(=N)C(C)(C)c1cnc(C)s1. The van der Waals surface area contributed by atoms with Crippen LogP contribution < -0.4 is 0 Å². The van der Waals surface area contributed by atoms with Crippen LogP contribution in [0, 0.1) is 12.3 Å². The van der Waals surface area contributed by atoms with E-state index in [-0.39, 0.29) is 17.5 Å². The number of aromatic nitrogens is 1. The van der Waals surface area contributed by atoms with E-state index in [0.29, 0.717) is 0 Å². The van der Waals surface area contributed by atoms with E-state index in [2.05, 4.69) is 4.98 Å². The van der Waals surface area contributed by atoms with Gasteiger partial charge in [0.05, 0.1) is 5.01 Å². The molecule has 2 N–H and O–H groups in total. The minimum atomic E-state index is -0.558. The van der Waals surface area contributed by atoms with Crippen molar-refractivity contribution < 1.29 is 9.90 Å². The Balaban J connectivity index is 3.00. The summed E-state index contributed by atoms with van der Waals surface area (Å²) in [5, 5.41) is 18.8. The second-order valence-corrected chi connectivity index (χ2v) is 6.10. The first-order chi connectivity index (χ1) is 8.66. The normalized spacial score (nSPS) is 12.4. The molecule has 0 atom stereocenters. The molecule has 0 radical (unpaired) electrons. The summed E-state index contributed by atoms with van der Waals surface area (Å²) in [4.78, 5) is 17.4. The highest BCUT2D eigenvalue weighted by Crippen LogP contribution is 2.30. The van der Waals surface area contributed by atoms with Gasteiger partial charge in [0.1, 0.15) is 0 Å². The molecule has 1 heterocycles. The predicted molar refractivity (Wildman–Crippen MR) is 76.8 cm³/mol. The van der Waals surface area contributed by atoms with Crippen molar-refractivity contribution in [1.82, 2.24) is 9.88 Å². The van der Waals surface area contributed by atoms with Crippen LogP contribution >= 0.6 is 11.3 Å². The van der Waals surface area contributed by atoms with E-state index in [1.807, 2.05) is 20.8 Å². The number of nitrogens with one attached hydrogen (secondary N) is 1. The van der Waals surface area contributed by atoms with Gasteiger partial charge in [-0.05, 0) is 20.8 Å². The summed E-state index contributed by atoms with van der Waals surface area (Å²) in [6.45, 7) is 7.04.